The maximum Gasteiger partial charge on any atom is 0.411 e. The topological polar surface area (TPSA) is 62.0 Å². The van der Waals surface area contributed by atoms with E-state index >= 15 is 0 Å². The van der Waals surface area contributed by atoms with E-state index in [1.54, 1.807) is 13.8 Å². The fourth-order valence-electron chi connectivity index (χ4n) is 4.10. The molecule has 0 saturated carbocycles. The van der Waals surface area contributed by atoms with Crippen molar-refractivity contribution in [2.45, 2.75) is 56.0 Å². The van der Waals surface area contributed by atoms with Crippen LogP contribution in [0.3, 0.4) is 0 Å². The molecule has 0 aromatic heterocycles. The molecular formula is C27H30F6O6. The van der Waals surface area contributed by atoms with Crippen molar-refractivity contribution in [2.75, 3.05) is 39.6 Å². The Morgan fingerprint density at radius 3 is 1.38 bits per heavy atom. The van der Waals surface area contributed by atoms with Gasteiger partial charge < -0.3 is 28.4 Å². The summed E-state index contributed by atoms with van der Waals surface area (Å²) in [6.45, 7) is 4.25. The Morgan fingerprint density at radius 2 is 1.05 bits per heavy atom. The SMILES string of the molecule is CC(COc1ccccc1C(c1ccccc1OCC(C)OCC1CO1)(C(F)(F)F)C(F)(F)F)OCC1CO1. The lowest BCUT2D eigenvalue weighted by Crippen LogP contribution is -2.55. The van der Waals surface area contributed by atoms with Gasteiger partial charge in [-0.1, -0.05) is 36.4 Å². The molecule has 0 N–H and O–H groups in total. The van der Waals surface area contributed by atoms with Crippen LogP contribution in [0.1, 0.15) is 25.0 Å². The smallest absolute Gasteiger partial charge is 0.411 e. The van der Waals surface area contributed by atoms with Gasteiger partial charge in [0.1, 0.15) is 36.9 Å². The summed E-state index contributed by atoms with van der Waals surface area (Å²) in [4.78, 5) is 0. The van der Waals surface area contributed by atoms with Crippen LogP contribution in [0.25, 0.3) is 0 Å². The molecule has 2 aromatic carbocycles. The lowest BCUT2D eigenvalue weighted by Gasteiger charge is -2.39. The van der Waals surface area contributed by atoms with E-state index in [0.717, 1.165) is 36.4 Å². The predicted octanol–water partition coefficient (Wildman–Crippen LogP) is 5.46. The summed E-state index contributed by atoms with van der Waals surface area (Å²) >= 11 is 0. The Balaban J connectivity index is 1.68. The molecule has 2 aromatic rings. The maximum absolute atomic E-state index is 14.9. The van der Waals surface area contributed by atoms with Crippen molar-refractivity contribution in [3.05, 3.63) is 59.7 Å². The Kier molecular flexibility index (Phi) is 8.99. The van der Waals surface area contributed by atoms with Crippen LogP contribution < -0.4 is 9.47 Å². The number of para-hydroxylation sites is 2. The minimum atomic E-state index is -5.82. The number of alkyl halides is 6. The molecule has 2 aliphatic heterocycles. The predicted molar refractivity (Wildman–Crippen MR) is 127 cm³/mol. The summed E-state index contributed by atoms with van der Waals surface area (Å²) in [7, 11) is 0. The summed E-state index contributed by atoms with van der Waals surface area (Å²) in [5.41, 5.74) is -6.66. The summed E-state index contributed by atoms with van der Waals surface area (Å²) < 4.78 is 122. The van der Waals surface area contributed by atoms with Gasteiger partial charge in [0, 0.05) is 11.1 Å². The van der Waals surface area contributed by atoms with Crippen molar-refractivity contribution in [3.8, 4) is 11.5 Å². The third-order valence-corrected chi connectivity index (χ3v) is 6.32. The van der Waals surface area contributed by atoms with E-state index in [1.165, 1.54) is 12.1 Å². The molecule has 12 heteroatoms. The average Bonchev–Trinajstić information content (AvgIpc) is 3.79. The first-order valence-corrected chi connectivity index (χ1v) is 12.5. The number of hydrogen-bond acceptors (Lipinski definition) is 6. The van der Waals surface area contributed by atoms with Crippen molar-refractivity contribution in [1.82, 2.24) is 0 Å². The van der Waals surface area contributed by atoms with E-state index in [1.807, 2.05) is 0 Å². The number of hydrogen-bond donors (Lipinski definition) is 0. The highest BCUT2D eigenvalue weighted by atomic mass is 19.4. The van der Waals surface area contributed by atoms with Gasteiger partial charge in [0.25, 0.3) is 0 Å². The van der Waals surface area contributed by atoms with Gasteiger partial charge in [-0.2, -0.15) is 26.3 Å². The molecule has 2 saturated heterocycles. The van der Waals surface area contributed by atoms with E-state index in [9.17, 15) is 26.3 Å². The fraction of sp³-hybridized carbons (Fsp3) is 0.556. The Bertz CT molecular complexity index is 997. The van der Waals surface area contributed by atoms with Crippen molar-refractivity contribution in [2.24, 2.45) is 0 Å². The van der Waals surface area contributed by atoms with E-state index in [4.69, 9.17) is 28.4 Å². The molecule has 4 rings (SSSR count). The quantitative estimate of drug-likeness (QED) is 0.224. The van der Waals surface area contributed by atoms with Crippen LogP contribution in [0.4, 0.5) is 26.3 Å². The Hall–Kier alpha value is -2.54. The van der Waals surface area contributed by atoms with Crippen molar-refractivity contribution < 1.29 is 54.8 Å². The van der Waals surface area contributed by atoms with Crippen LogP contribution in [0.2, 0.25) is 0 Å². The van der Waals surface area contributed by atoms with Gasteiger partial charge in [0.05, 0.1) is 38.6 Å². The van der Waals surface area contributed by atoms with Crippen molar-refractivity contribution in [1.29, 1.82) is 0 Å². The van der Waals surface area contributed by atoms with Crippen LogP contribution >= 0.6 is 0 Å². The number of epoxide rings is 2. The van der Waals surface area contributed by atoms with Gasteiger partial charge in [0.15, 0.2) is 0 Å². The Labute approximate surface area is 222 Å². The van der Waals surface area contributed by atoms with Crippen LogP contribution in [-0.2, 0) is 24.4 Å². The lowest BCUT2D eigenvalue weighted by atomic mass is 9.72. The first kappa shape index (κ1) is 29.4. The summed E-state index contributed by atoms with van der Waals surface area (Å²) in [5.74, 6) is -1.14. The molecule has 0 amide bonds. The molecule has 6 nitrogen and oxygen atoms in total. The maximum atomic E-state index is 14.9. The van der Waals surface area contributed by atoms with Gasteiger partial charge in [-0.15, -0.1) is 0 Å². The molecule has 4 atom stereocenters. The summed E-state index contributed by atoms with van der Waals surface area (Å²) in [6.07, 6.45) is -13.0. The van der Waals surface area contributed by atoms with E-state index in [2.05, 4.69) is 0 Å². The van der Waals surface area contributed by atoms with E-state index < -0.39 is 52.6 Å². The highest BCUT2D eigenvalue weighted by Crippen LogP contribution is 2.59. The Morgan fingerprint density at radius 1 is 0.692 bits per heavy atom. The lowest BCUT2D eigenvalue weighted by molar-refractivity contribution is -0.289. The molecule has 4 unspecified atom stereocenters. The zero-order valence-electron chi connectivity index (χ0n) is 21.4. The van der Waals surface area contributed by atoms with E-state index in [0.29, 0.717) is 13.2 Å². The second-order valence-corrected chi connectivity index (χ2v) is 9.56. The van der Waals surface area contributed by atoms with Crippen LogP contribution in [-0.4, -0.2) is 76.4 Å². The number of ether oxygens (including phenoxy) is 6. The van der Waals surface area contributed by atoms with Crippen LogP contribution in [0.5, 0.6) is 11.5 Å². The highest BCUT2D eigenvalue weighted by Gasteiger charge is 2.74. The number of rotatable bonds is 14. The van der Waals surface area contributed by atoms with Gasteiger partial charge in [-0.05, 0) is 26.0 Å². The molecular weight excluding hydrogens is 534 g/mol. The highest BCUT2D eigenvalue weighted by molar-refractivity contribution is 5.55. The second kappa shape index (κ2) is 11.9. The van der Waals surface area contributed by atoms with Crippen molar-refractivity contribution >= 4 is 0 Å². The normalized spacial score (nSPS) is 20.8. The largest absolute Gasteiger partial charge is 0.491 e. The zero-order valence-corrected chi connectivity index (χ0v) is 21.4. The number of benzene rings is 2. The molecule has 0 aliphatic carbocycles. The molecule has 0 spiro atoms. The average molecular weight is 565 g/mol. The fourth-order valence-corrected chi connectivity index (χ4v) is 4.10. The third-order valence-electron chi connectivity index (χ3n) is 6.32. The monoisotopic (exact) mass is 564 g/mol. The van der Waals surface area contributed by atoms with Crippen LogP contribution in [0.15, 0.2) is 48.5 Å². The van der Waals surface area contributed by atoms with Gasteiger partial charge in [0.2, 0.25) is 5.41 Å². The number of halogens is 6. The summed E-state index contributed by atoms with van der Waals surface area (Å²) in [5, 5.41) is 0. The van der Waals surface area contributed by atoms with E-state index in [-0.39, 0.29) is 38.6 Å². The minimum absolute atomic E-state index is 0.0606. The first-order valence-electron chi connectivity index (χ1n) is 12.5. The molecule has 0 radical (unpaired) electrons. The molecule has 2 heterocycles. The minimum Gasteiger partial charge on any atom is -0.491 e. The molecule has 216 valence electrons. The van der Waals surface area contributed by atoms with Gasteiger partial charge in [-0.25, -0.2) is 0 Å². The molecule has 39 heavy (non-hydrogen) atoms. The van der Waals surface area contributed by atoms with Crippen LogP contribution in [0, 0.1) is 0 Å². The standard InChI is InChI=1S/C27H30F6O6/c1-17(34-13-19-15-36-19)11-38-23-9-5-3-7-21(23)25(26(28,29)30,27(31,32)33)22-8-4-6-10-24(22)39-12-18(2)35-14-20-16-37-20/h3-10,17-20H,11-16H2,1-2H3. The third kappa shape index (κ3) is 6.97. The first-order chi connectivity index (χ1) is 18.4. The molecule has 2 fully saturated rings. The van der Waals surface area contributed by atoms with Gasteiger partial charge in [-0.3, -0.25) is 0 Å². The molecule has 2 aliphatic rings. The van der Waals surface area contributed by atoms with Crippen molar-refractivity contribution in [3.63, 3.8) is 0 Å². The second-order valence-electron chi connectivity index (χ2n) is 9.56. The summed E-state index contributed by atoms with van der Waals surface area (Å²) in [6, 6.07) is 8.55. The van der Waals surface area contributed by atoms with Gasteiger partial charge >= 0.3 is 12.4 Å². The zero-order chi connectivity index (χ0) is 28.3. The molecule has 0 bridgehead atoms.